The highest BCUT2D eigenvalue weighted by atomic mass is 31.2. The van der Waals surface area contributed by atoms with Gasteiger partial charge in [0.05, 0.1) is 23.7 Å². The van der Waals surface area contributed by atoms with Gasteiger partial charge in [0.15, 0.2) is 0 Å². The Bertz CT molecular complexity index is 526. The van der Waals surface area contributed by atoms with E-state index in [1.54, 1.807) is 13.8 Å². The number of nitrogens with zero attached hydrogens (tertiary/aromatic N) is 1. The average Bonchev–Trinajstić information content (AvgIpc) is 2.37. The van der Waals surface area contributed by atoms with Crippen LogP contribution in [-0.4, -0.2) is 23.2 Å². The van der Waals surface area contributed by atoms with Gasteiger partial charge in [-0.25, -0.2) is 0 Å². The minimum Gasteiger partial charge on any atom is -0.508 e. The van der Waals surface area contributed by atoms with Crippen LogP contribution in [-0.2, 0) is 13.6 Å². The van der Waals surface area contributed by atoms with Gasteiger partial charge >= 0.3 is 7.60 Å². The minimum atomic E-state index is -3.76. The lowest BCUT2D eigenvalue weighted by molar-refractivity contribution is -0.385. The Morgan fingerprint density at radius 1 is 1.40 bits per heavy atom. The highest BCUT2D eigenvalue weighted by molar-refractivity contribution is 7.54. The second-order valence-corrected chi connectivity index (χ2v) is 5.97. The first kappa shape index (κ1) is 16.6. The van der Waals surface area contributed by atoms with Crippen LogP contribution in [0, 0.1) is 10.1 Å². The molecular formula is C11H17N2O6P. The van der Waals surface area contributed by atoms with E-state index in [1.165, 1.54) is 0 Å². The molecule has 1 aromatic carbocycles. The summed E-state index contributed by atoms with van der Waals surface area (Å²) in [7, 11) is -3.76. The summed E-state index contributed by atoms with van der Waals surface area (Å²) >= 11 is 0. The molecule has 0 unspecified atom stereocenters. The van der Waals surface area contributed by atoms with Gasteiger partial charge in [-0.3, -0.25) is 14.7 Å². The summed E-state index contributed by atoms with van der Waals surface area (Å²) in [5, 5.41) is 20.4. The lowest BCUT2D eigenvalue weighted by Gasteiger charge is -2.23. The fourth-order valence-corrected chi connectivity index (χ4v) is 3.34. The second kappa shape index (κ2) is 6.81. The van der Waals surface area contributed by atoms with E-state index in [1.807, 2.05) is 0 Å². The molecule has 0 bridgehead atoms. The van der Waals surface area contributed by atoms with E-state index in [0.29, 0.717) is 0 Å². The van der Waals surface area contributed by atoms with Crippen LogP contribution in [0.15, 0.2) is 18.2 Å². The Morgan fingerprint density at radius 2 is 1.95 bits per heavy atom. The van der Waals surface area contributed by atoms with Crippen LogP contribution in [0.1, 0.15) is 25.2 Å². The van der Waals surface area contributed by atoms with Crippen LogP contribution in [0.4, 0.5) is 5.69 Å². The predicted molar refractivity (Wildman–Crippen MR) is 72.5 cm³/mol. The van der Waals surface area contributed by atoms with E-state index >= 15 is 0 Å². The first-order valence-corrected chi connectivity index (χ1v) is 7.58. The van der Waals surface area contributed by atoms with Gasteiger partial charge in [0, 0.05) is 6.07 Å². The van der Waals surface area contributed by atoms with Crippen LogP contribution < -0.4 is 5.73 Å². The zero-order chi connectivity index (χ0) is 15.3. The molecule has 9 heteroatoms. The molecule has 0 saturated carbocycles. The van der Waals surface area contributed by atoms with Crippen molar-refractivity contribution in [3.63, 3.8) is 0 Å². The minimum absolute atomic E-state index is 0.0809. The van der Waals surface area contributed by atoms with E-state index in [9.17, 15) is 19.8 Å². The van der Waals surface area contributed by atoms with Crippen LogP contribution in [0.2, 0.25) is 0 Å². The lowest BCUT2D eigenvalue weighted by atomic mass is 10.1. The molecule has 0 aliphatic carbocycles. The molecule has 3 N–H and O–H groups in total. The lowest BCUT2D eigenvalue weighted by Crippen LogP contribution is -2.16. The summed E-state index contributed by atoms with van der Waals surface area (Å²) in [6.45, 7) is 3.37. The molecule has 0 aliphatic rings. The van der Waals surface area contributed by atoms with Crippen molar-refractivity contribution in [2.45, 2.75) is 19.6 Å². The van der Waals surface area contributed by atoms with Crippen molar-refractivity contribution in [3.8, 4) is 5.75 Å². The van der Waals surface area contributed by atoms with E-state index in [2.05, 4.69) is 0 Å². The summed E-state index contributed by atoms with van der Waals surface area (Å²) in [5.74, 6) is -1.57. The molecule has 0 aliphatic heterocycles. The van der Waals surface area contributed by atoms with Gasteiger partial charge in [-0.05, 0) is 26.0 Å². The zero-order valence-corrected chi connectivity index (χ0v) is 12.1. The molecular weight excluding hydrogens is 287 g/mol. The molecule has 0 heterocycles. The number of nitrogens with two attached hydrogens (primary N) is 1. The van der Waals surface area contributed by atoms with Crippen molar-refractivity contribution in [2.75, 3.05) is 13.2 Å². The second-order valence-electron chi connectivity index (χ2n) is 3.82. The quantitative estimate of drug-likeness (QED) is 0.450. The van der Waals surface area contributed by atoms with E-state index in [0.717, 1.165) is 18.2 Å². The van der Waals surface area contributed by atoms with E-state index in [-0.39, 0.29) is 30.2 Å². The number of hydrogen-bond acceptors (Lipinski definition) is 7. The Morgan fingerprint density at radius 3 is 2.40 bits per heavy atom. The predicted octanol–water partition coefficient (Wildman–Crippen LogP) is 2.52. The number of nitro benzene ring substituents is 1. The third kappa shape index (κ3) is 3.55. The number of hydrogen-bond donors (Lipinski definition) is 2. The van der Waals surface area contributed by atoms with Gasteiger partial charge in [-0.15, -0.1) is 0 Å². The van der Waals surface area contributed by atoms with Crippen LogP contribution in [0.3, 0.4) is 0 Å². The van der Waals surface area contributed by atoms with Gasteiger partial charge in [0.25, 0.3) is 5.69 Å². The third-order valence-electron chi connectivity index (χ3n) is 2.49. The smallest absolute Gasteiger partial charge is 0.351 e. The Labute approximate surface area is 116 Å². The summed E-state index contributed by atoms with van der Waals surface area (Å²) in [6.07, 6.45) is 0. The molecule has 0 aromatic heterocycles. The number of benzene rings is 1. The number of nitro groups is 1. The number of phenols is 1. The van der Waals surface area contributed by atoms with Gasteiger partial charge in [0.1, 0.15) is 11.5 Å². The zero-order valence-electron chi connectivity index (χ0n) is 11.2. The summed E-state index contributed by atoms with van der Waals surface area (Å²) in [6, 6.07) is 3.33. The molecule has 0 saturated heterocycles. The van der Waals surface area contributed by atoms with Crippen molar-refractivity contribution in [1.82, 2.24) is 0 Å². The van der Waals surface area contributed by atoms with E-state index < -0.39 is 18.3 Å². The third-order valence-corrected chi connectivity index (χ3v) is 4.68. The molecule has 0 fully saturated rings. The maximum absolute atomic E-state index is 12.5. The fraction of sp³-hybridized carbons (Fsp3) is 0.455. The highest BCUT2D eigenvalue weighted by Crippen LogP contribution is 2.59. The summed E-state index contributed by atoms with van der Waals surface area (Å²) < 4.78 is 22.7. The van der Waals surface area contributed by atoms with Gasteiger partial charge in [-0.1, -0.05) is 0 Å². The molecule has 8 nitrogen and oxygen atoms in total. The standard InChI is InChI=1S/C11H17N2O6P/c1-3-18-20(17,19-4-2)11(12)9-7-8(14)5-6-10(9)13(15)16/h5-7,11,14H,3-4,12H2,1-2H3/t11-/m0/s1. The largest absolute Gasteiger partial charge is 0.508 e. The highest BCUT2D eigenvalue weighted by Gasteiger charge is 2.38. The monoisotopic (exact) mass is 304 g/mol. The van der Waals surface area contributed by atoms with E-state index in [4.69, 9.17) is 14.8 Å². The van der Waals surface area contributed by atoms with Crippen molar-refractivity contribution < 1.29 is 23.6 Å². The molecule has 1 rings (SSSR count). The molecule has 20 heavy (non-hydrogen) atoms. The molecule has 1 atom stereocenters. The van der Waals surface area contributed by atoms with Crippen LogP contribution >= 0.6 is 7.60 Å². The Hall–Kier alpha value is -1.47. The Kier molecular flexibility index (Phi) is 5.64. The van der Waals surface area contributed by atoms with Crippen molar-refractivity contribution >= 4 is 13.3 Å². The topological polar surface area (TPSA) is 125 Å². The average molecular weight is 304 g/mol. The van der Waals surface area contributed by atoms with Crippen LogP contribution in [0.5, 0.6) is 5.75 Å². The van der Waals surface area contributed by atoms with Gasteiger partial charge < -0.3 is 19.9 Å². The maximum Gasteiger partial charge on any atom is 0.351 e. The SMILES string of the molecule is CCOP(=O)(OCC)[C@H](N)c1cc(O)ccc1[N+](=O)[O-]. The van der Waals surface area contributed by atoms with Crippen molar-refractivity contribution in [2.24, 2.45) is 5.73 Å². The molecule has 0 amide bonds. The normalized spacial score (nSPS) is 13.2. The van der Waals surface area contributed by atoms with Gasteiger partial charge in [-0.2, -0.15) is 0 Å². The molecule has 112 valence electrons. The summed E-state index contributed by atoms with van der Waals surface area (Å²) in [4.78, 5) is 10.3. The first-order valence-electron chi connectivity index (χ1n) is 5.97. The number of phenolic OH excluding ortho intramolecular Hbond substituents is 1. The number of rotatable bonds is 7. The van der Waals surface area contributed by atoms with Crippen LogP contribution in [0.25, 0.3) is 0 Å². The molecule has 0 radical (unpaired) electrons. The first-order chi connectivity index (χ1) is 9.35. The van der Waals surface area contributed by atoms with Gasteiger partial charge in [0.2, 0.25) is 0 Å². The van der Waals surface area contributed by atoms with Crippen molar-refractivity contribution in [3.05, 3.63) is 33.9 Å². The molecule has 1 aromatic rings. The maximum atomic E-state index is 12.5. The Balaban J connectivity index is 3.30. The molecule has 0 spiro atoms. The van der Waals surface area contributed by atoms with Crippen molar-refractivity contribution in [1.29, 1.82) is 0 Å². The number of aromatic hydroxyl groups is 1. The fourth-order valence-electron chi connectivity index (χ4n) is 1.67. The summed E-state index contributed by atoms with van der Waals surface area (Å²) in [5.41, 5.74) is 5.38.